The van der Waals surface area contributed by atoms with Gasteiger partial charge in [-0.1, -0.05) is 18.2 Å². The molecule has 0 spiro atoms. The smallest absolute Gasteiger partial charge is 0.435 e. The van der Waals surface area contributed by atoms with Gasteiger partial charge in [0.05, 0.1) is 16.8 Å². The van der Waals surface area contributed by atoms with Gasteiger partial charge in [-0.15, -0.1) is 0 Å². The van der Waals surface area contributed by atoms with E-state index in [2.05, 4.69) is 9.84 Å². The fourth-order valence-electron chi connectivity index (χ4n) is 3.25. The monoisotopic (exact) mass is 458 g/mol. The van der Waals surface area contributed by atoms with Gasteiger partial charge in [0, 0.05) is 13.0 Å². The molecule has 0 amide bonds. The van der Waals surface area contributed by atoms with Crippen LogP contribution in [0.4, 0.5) is 35.1 Å². The second-order valence-electron chi connectivity index (χ2n) is 6.82. The van der Waals surface area contributed by atoms with E-state index < -0.39 is 72.8 Å². The average Bonchev–Trinajstić information content (AvgIpc) is 3.11. The highest BCUT2D eigenvalue weighted by molar-refractivity contribution is 5.89. The molecule has 1 unspecified atom stereocenters. The number of nitrogens with zero attached hydrogens (tertiary/aromatic N) is 2. The van der Waals surface area contributed by atoms with Crippen molar-refractivity contribution < 1.29 is 49.8 Å². The molecule has 1 aromatic carbocycles. The summed E-state index contributed by atoms with van der Waals surface area (Å²) in [6.07, 6.45) is -17.8. The van der Waals surface area contributed by atoms with Crippen molar-refractivity contribution in [3.05, 3.63) is 52.8 Å². The summed E-state index contributed by atoms with van der Waals surface area (Å²) in [6, 6.07) is 6.58. The lowest BCUT2D eigenvalue weighted by atomic mass is 10.1. The first-order valence-electron chi connectivity index (χ1n) is 8.80. The molecule has 0 radical (unpaired) electrons. The predicted octanol–water partition coefficient (Wildman–Crippen LogP) is 4.82. The minimum absolute atomic E-state index is 0.229. The van der Waals surface area contributed by atoms with Crippen LogP contribution in [0.25, 0.3) is 0 Å². The number of hydrogen-bond acceptors (Lipinski definition) is 4. The van der Waals surface area contributed by atoms with E-state index in [1.807, 2.05) is 0 Å². The number of alkyl halides is 8. The first kappa shape index (κ1) is 23.0. The van der Waals surface area contributed by atoms with Crippen LogP contribution < -0.4 is 0 Å². The van der Waals surface area contributed by atoms with Gasteiger partial charge in [-0.05, 0) is 18.6 Å². The molecule has 31 heavy (non-hydrogen) atoms. The number of rotatable bonds is 5. The molecule has 0 saturated heterocycles. The molecule has 2 aromatic rings. The summed E-state index contributed by atoms with van der Waals surface area (Å²) >= 11 is 0. The second-order valence-corrected chi connectivity index (χ2v) is 6.82. The molecule has 1 aromatic heterocycles. The average molecular weight is 458 g/mol. The molecular weight excluding hydrogens is 444 g/mol. The minimum atomic E-state index is -5.29. The third-order valence-electron chi connectivity index (χ3n) is 4.60. The van der Waals surface area contributed by atoms with Crippen LogP contribution in [-0.2, 0) is 17.5 Å². The van der Waals surface area contributed by atoms with E-state index in [9.17, 15) is 45.0 Å². The van der Waals surface area contributed by atoms with E-state index in [0.29, 0.717) is 0 Å². The van der Waals surface area contributed by atoms with Gasteiger partial charge in [-0.2, -0.15) is 40.2 Å². The van der Waals surface area contributed by atoms with Crippen molar-refractivity contribution in [2.24, 2.45) is 0 Å². The lowest BCUT2D eigenvalue weighted by Gasteiger charge is -2.23. The Morgan fingerprint density at radius 3 is 2.29 bits per heavy atom. The lowest BCUT2D eigenvalue weighted by Crippen LogP contribution is -2.32. The normalized spacial score (nSPS) is 20.5. The van der Waals surface area contributed by atoms with Crippen molar-refractivity contribution >= 4 is 5.97 Å². The quantitative estimate of drug-likeness (QED) is 0.515. The summed E-state index contributed by atoms with van der Waals surface area (Å²) in [7, 11) is 0. The Kier molecular flexibility index (Phi) is 5.76. The van der Waals surface area contributed by atoms with Crippen LogP contribution in [0.15, 0.2) is 30.3 Å². The first-order chi connectivity index (χ1) is 14.2. The SMILES string of the molecule is O=C(O[C@H]1c2c(C(F)(F)F)nn(CCCC(F)(F)F)c2C(O)C1(F)F)c1ccccc1. The number of aliphatic hydroxyl groups excluding tert-OH is 1. The number of carbonyl (C=O) groups is 1. The number of carbonyl (C=O) groups excluding carboxylic acids is 1. The van der Waals surface area contributed by atoms with E-state index in [1.165, 1.54) is 30.3 Å². The van der Waals surface area contributed by atoms with Gasteiger partial charge in [0.15, 0.2) is 17.9 Å². The van der Waals surface area contributed by atoms with Gasteiger partial charge in [0.1, 0.15) is 0 Å². The molecule has 1 aliphatic rings. The second kappa shape index (κ2) is 7.77. The van der Waals surface area contributed by atoms with Crippen molar-refractivity contribution in [2.75, 3.05) is 0 Å². The molecule has 5 nitrogen and oxygen atoms in total. The van der Waals surface area contributed by atoms with Crippen molar-refractivity contribution in [3.8, 4) is 0 Å². The molecule has 0 saturated carbocycles. The van der Waals surface area contributed by atoms with E-state index in [0.717, 1.165) is 0 Å². The van der Waals surface area contributed by atoms with Gasteiger partial charge in [0.2, 0.25) is 0 Å². The van der Waals surface area contributed by atoms with Crippen LogP contribution in [0, 0.1) is 0 Å². The molecule has 0 bridgehead atoms. The zero-order valence-electron chi connectivity index (χ0n) is 15.3. The van der Waals surface area contributed by atoms with E-state index >= 15 is 0 Å². The van der Waals surface area contributed by atoms with Crippen molar-refractivity contribution in [1.29, 1.82) is 0 Å². The maximum atomic E-state index is 14.6. The Morgan fingerprint density at radius 1 is 1.13 bits per heavy atom. The number of aromatic nitrogens is 2. The molecule has 0 aliphatic heterocycles. The van der Waals surface area contributed by atoms with Gasteiger partial charge >= 0.3 is 24.2 Å². The van der Waals surface area contributed by atoms with Crippen molar-refractivity contribution in [3.63, 3.8) is 0 Å². The molecular formula is C18H14F8N2O3. The molecule has 2 atom stereocenters. The Bertz CT molecular complexity index is 953. The highest BCUT2D eigenvalue weighted by atomic mass is 19.4. The zero-order valence-corrected chi connectivity index (χ0v) is 15.3. The summed E-state index contributed by atoms with van der Waals surface area (Å²) < 4.78 is 112. The summed E-state index contributed by atoms with van der Waals surface area (Å²) in [6.45, 7) is -0.815. The Balaban J connectivity index is 2.02. The number of halogens is 8. The van der Waals surface area contributed by atoms with E-state index in [4.69, 9.17) is 0 Å². The Hall–Kier alpha value is -2.70. The number of aliphatic hydroxyl groups is 1. The lowest BCUT2D eigenvalue weighted by molar-refractivity contribution is -0.174. The van der Waals surface area contributed by atoms with Crippen molar-refractivity contribution in [2.45, 2.75) is 49.9 Å². The summed E-state index contributed by atoms with van der Waals surface area (Å²) in [4.78, 5) is 12.2. The number of benzene rings is 1. The molecule has 170 valence electrons. The van der Waals surface area contributed by atoms with Gasteiger partial charge < -0.3 is 9.84 Å². The van der Waals surface area contributed by atoms with Crippen molar-refractivity contribution in [1.82, 2.24) is 9.78 Å². The zero-order chi connectivity index (χ0) is 23.2. The van der Waals surface area contributed by atoms with Crippen LogP contribution >= 0.6 is 0 Å². The maximum Gasteiger partial charge on any atom is 0.435 e. The fourth-order valence-corrected chi connectivity index (χ4v) is 3.25. The molecule has 1 N–H and O–H groups in total. The molecule has 3 rings (SSSR count). The summed E-state index contributed by atoms with van der Waals surface area (Å²) in [5.74, 6) is -5.74. The predicted molar refractivity (Wildman–Crippen MR) is 87.0 cm³/mol. The third kappa shape index (κ3) is 4.50. The standard InChI is InChI=1S/C18H14F8N2O3/c19-16(20,21)7-4-8-28-11-10(12(27-28)18(24,25)26)14(17(22,23)13(11)29)31-15(30)9-5-2-1-3-6-9/h1-3,5-6,13-14,29H,4,7-8H2/t13?,14-/m0/s1. The fraction of sp³-hybridized carbons (Fsp3) is 0.444. The van der Waals surface area contributed by atoms with Crippen LogP contribution in [-0.4, -0.2) is 33.0 Å². The first-order valence-corrected chi connectivity index (χ1v) is 8.80. The summed E-state index contributed by atoms with van der Waals surface area (Å²) in [5.41, 5.74) is -4.41. The number of hydrogen-bond donors (Lipinski definition) is 1. The molecule has 1 aliphatic carbocycles. The van der Waals surface area contributed by atoms with E-state index in [1.54, 1.807) is 0 Å². The minimum Gasteiger partial charge on any atom is -0.447 e. The molecule has 1 heterocycles. The topological polar surface area (TPSA) is 64.3 Å². The Morgan fingerprint density at radius 2 is 1.74 bits per heavy atom. The third-order valence-corrected chi connectivity index (χ3v) is 4.60. The van der Waals surface area contributed by atoms with E-state index in [-0.39, 0.29) is 10.2 Å². The van der Waals surface area contributed by atoms with Crippen LogP contribution in [0.2, 0.25) is 0 Å². The highest BCUT2D eigenvalue weighted by Gasteiger charge is 2.63. The van der Waals surface area contributed by atoms with Gasteiger partial charge in [-0.3, -0.25) is 4.68 Å². The molecule has 0 fully saturated rings. The number of fused-ring (bicyclic) bond motifs is 1. The van der Waals surface area contributed by atoms with Crippen LogP contribution in [0.1, 0.15) is 52.4 Å². The van der Waals surface area contributed by atoms with Crippen LogP contribution in [0.5, 0.6) is 0 Å². The maximum absolute atomic E-state index is 14.6. The largest absolute Gasteiger partial charge is 0.447 e. The number of ether oxygens (including phenoxy) is 1. The molecule has 13 heteroatoms. The summed E-state index contributed by atoms with van der Waals surface area (Å²) in [5, 5.41) is 13.1. The highest BCUT2D eigenvalue weighted by Crippen LogP contribution is 2.55. The van der Waals surface area contributed by atoms with Gasteiger partial charge in [0.25, 0.3) is 0 Å². The number of aryl methyl sites for hydroxylation is 1. The van der Waals surface area contributed by atoms with Crippen LogP contribution in [0.3, 0.4) is 0 Å². The Labute approximate surface area is 169 Å². The van der Waals surface area contributed by atoms with Gasteiger partial charge in [-0.25, -0.2) is 4.79 Å². The number of esters is 1.